The van der Waals surface area contributed by atoms with Gasteiger partial charge >= 0.3 is 5.97 Å². The summed E-state index contributed by atoms with van der Waals surface area (Å²) in [5.74, 6) is -1.19. The normalized spacial score (nSPS) is 18.2. The van der Waals surface area contributed by atoms with E-state index in [-0.39, 0.29) is 6.10 Å². The van der Waals surface area contributed by atoms with Crippen molar-refractivity contribution in [3.05, 3.63) is 12.3 Å². The number of esters is 1. The van der Waals surface area contributed by atoms with Crippen LogP contribution >= 0.6 is 0 Å². The van der Waals surface area contributed by atoms with Crippen LogP contribution in [0.1, 0.15) is 25.7 Å². The summed E-state index contributed by atoms with van der Waals surface area (Å²) in [4.78, 5) is 10.7. The molecule has 3 heteroatoms. The molecule has 0 saturated heterocycles. The highest BCUT2D eigenvalue weighted by Crippen LogP contribution is 2.21. The molecule has 1 aliphatic carbocycles. The molecule has 0 heterocycles. The first-order valence-corrected chi connectivity index (χ1v) is 3.79. The van der Waals surface area contributed by atoms with Crippen LogP contribution in [0.3, 0.4) is 0 Å². The molecule has 0 bridgehead atoms. The fraction of sp³-hybridized carbons (Fsp3) is 0.625. The lowest BCUT2D eigenvalue weighted by Gasteiger charge is -2.09. The third-order valence-electron chi connectivity index (χ3n) is 1.81. The summed E-state index contributed by atoms with van der Waals surface area (Å²) < 4.78 is 4.88. The van der Waals surface area contributed by atoms with E-state index in [9.17, 15) is 4.79 Å². The number of carbonyl (C=O) groups is 1. The monoisotopic (exact) mass is 156 g/mol. The average Bonchev–Trinajstić information content (AvgIpc) is 2.39. The molecule has 0 radical (unpaired) electrons. The van der Waals surface area contributed by atoms with Crippen LogP contribution in [0.15, 0.2) is 12.3 Å². The Kier molecular flexibility index (Phi) is 2.52. The molecular formula is C8H12O3. The van der Waals surface area contributed by atoms with Gasteiger partial charge in [-0.3, -0.25) is 0 Å². The molecule has 1 saturated carbocycles. The zero-order valence-electron chi connectivity index (χ0n) is 6.38. The van der Waals surface area contributed by atoms with E-state index in [0.29, 0.717) is 0 Å². The minimum absolute atomic E-state index is 0.00593. The summed E-state index contributed by atoms with van der Waals surface area (Å²) in [6, 6.07) is 0. The molecule has 1 fully saturated rings. The van der Waals surface area contributed by atoms with Crippen molar-refractivity contribution < 1.29 is 14.6 Å². The minimum atomic E-state index is -0.683. The first-order chi connectivity index (χ1) is 5.20. The maximum Gasteiger partial charge on any atom is 0.372 e. The smallest absolute Gasteiger partial charge is 0.372 e. The zero-order valence-corrected chi connectivity index (χ0v) is 6.38. The van der Waals surface area contributed by atoms with E-state index in [1.54, 1.807) is 0 Å². The molecule has 62 valence electrons. The highest BCUT2D eigenvalue weighted by atomic mass is 16.6. The van der Waals surface area contributed by atoms with E-state index in [1.165, 1.54) is 0 Å². The van der Waals surface area contributed by atoms with Gasteiger partial charge in [0.15, 0.2) is 5.76 Å². The highest BCUT2D eigenvalue weighted by Gasteiger charge is 2.19. The fourth-order valence-corrected chi connectivity index (χ4v) is 1.23. The Morgan fingerprint density at radius 1 is 1.45 bits per heavy atom. The van der Waals surface area contributed by atoms with Gasteiger partial charge in [-0.1, -0.05) is 0 Å². The van der Waals surface area contributed by atoms with E-state index in [2.05, 4.69) is 6.58 Å². The number of aliphatic hydroxyl groups excluding tert-OH is 1. The Morgan fingerprint density at radius 2 is 2.00 bits per heavy atom. The Hall–Kier alpha value is -0.990. The molecule has 1 aliphatic rings. The summed E-state index contributed by atoms with van der Waals surface area (Å²) in [5, 5.41) is 8.61. The summed E-state index contributed by atoms with van der Waals surface area (Å²) in [6.45, 7) is 3.08. The van der Waals surface area contributed by atoms with Crippen LogP contribution in [0, 0.1) is 0 Å². The van der Waals surface area contributed by atoms with Gasteiger partial charge in [0.2, 0.25) is 0 Å². The van der Waals surface area contributed by atoms with E-state index in [4.69, 9.17) is 9.84 Å². The lowest BCUT2D eigenvalue weighted by atomic mass is 10.3. The van der Waals surface area contributed by atoms with Crippen molar-refractivity contribution in [1.82, 2.24) is 0 Å². The molecule has 0 aromatic carbocycles. The molecule has 1 N–H and O–H groups in total. The SMILES string of the molecule is C=C(O)C(=O)OC1CCCC1. The predicted octanol–water partition coefficient (Wildman–Crippen LogP) is 1.54. The highest BCUT2D eigenvalue weighted by molar-refractivity contribution is 5.85. The molecule has 0 unspecified atom stereocenters. The summed E-state index contributed by atoms with van der Waals surface area (Å²) in [5.41, 5.74) is 0. The predicted molar refractivity (Wildman–Crippen MR) is 40.1 cm³/mol. The lowest BCUT2D eigenvalue weighted by Crippen LogP contribution is -2.15. The van der Waals surface area contributed by atoms with Crippen molar-refractivity contribution in [2.45, 2.75) is 31.8 Å². The number of ether oxygens (including phenoxy) is 1. The van der Waals surface area contributed by atoms with Crippen molar-refractivity contribution in [2.75, 3.05) is 0 Å². The van der Waals surface area contributed by atoms with Crippen LogP contribution in [0.25, 0.3) is 0 Å². The molecule has 0 spiro atoms. The summed E-state index contributed by atoms with van der Waals surface area (Å²) in [6.07, 6.45) is 4.05. The van der Waals surface area contributed by atoms with Gasteiger partial charge in [0, 0.05) is 0 Å². The fourth-order valence-electron chi connectivity index (χ4n) is 1.23. The second-order valence-corrected chi connectivity index (χ2v) is 2.76. The Bertz CT molecular complexity index is 168. The van der Waals surface area contributed by atoms with E-state index in [1.807, 2.05) is 0 Å². The van der Waals surface area contributed by atoms with Crippen LogP contribution < -0.4 is 0 Å². The summed E-state index contributed by atoms with van der Waals surface area (Å²) in [7, 11) is 0. The number of rotatable bonds is 2. The topological polar surface area (TPSA) is 46.5 Å². The van der Waals surface area contributed by atoms with Gasteiger partial charge in [-0.15, -0.1) is 0 Å². The minimum Gasteiger partial charge on any atom is -0.502 e. The van der Waals surface area contributed by atoms with Crippen molar-refractivity contribution in [2.24, 2.45) is 0 Å². The largest absolute Gasteiger partial charge is 0.502 e. The van der Waals surface area contributed by atoms with Crippen LogP contribution in [0.4, 0.5) is 0 Å². The average molecular weight is 156 g/mol. The van der Waals surface area contributed by atoms with E-state index in [0.717, 1.165) is 25.7 Å². The van der Waals surface area contributed by atoms with Crippen molar-refractivity contribution in [3.63, 3.8) is 0 Å². The standard InChI is InChI=1S/C8H12O3/c1-6(9)8(10)11-7-4-2-3-5-7/h7,9H,1-5H2. The second-order valence-electron chi connectivity index (χ2n) is 2.76. The van der Waals surface area contributed by atoms with Gasteiger partial charge in [-0.25, -0.2) is 4.79 Å². The maximum absolute atomic E-state index is 10.7. The molecule has 0 atom stereocenters. The number of hydrogen-bond donors (Lipinski definition) is 1. The van der Waals surface area contributed by atoms with Gasteiger partial charge in [0.25, 0.3) is 0 Å². The Morgan fingerprint density at radius 3 is 2.45 bits per heavy atom. The van der Waals surface area contributed by atoms with Gasteiger partial charge in [-0.05, 0) is 32.3 Å². The molecule has 0 aromatic heterocycles. The van der Waals surface area contributed by atoms with E-state index >= 15 is 0 Å². The molecule has 0 amide bonds. The first-order valence-electron chi connectivity index (χ1n) is 3.79. The molecule has 11 heavy (non-hydrogen) atoms. The number of aliphatic hydroxyl groups is 1. The molecule has 0 aliphatic heterocycles. The maximum atomic E-state index is 10.7. The Balaban J connectivity index is 2.29. The molecule has 1 rings (SSSR count). The van der Waals surface area contributed by atoms with Crippen molar-refractivity contribution in [1.29, 1.82) is 0 Å². The number of carbonyl (C=O) groups excluding carboxylic acids is 1. The number of hydrogen-bond acceptors (Lipinski definition) is 3. The van der Waals surface area contributed by atoms with Crippen LogP contribution in [-0.2, 0) is 9.53 Å². The van der Waals surface area contributed by atoms with Gasteiger partial charge < -0.3 is 9.84 Å². The molecule has 3 nitrogen and oxygen atoms in total. The van der Waals surface area contributed by atoms with Gasteiger partial charge in [-0.2, -0.15) is 0 Å². The first kappa shape index (κ1) is 8.11. The van der Waals surface area contributed by atoms with E-state index < -0.39 is 11.7 Å². The van der Waals surface area contributed by atoms with Crippen LogP contribution in [-0.4, -0.2) is 17.2 Å². The Labute approximate surface area is 65.7 Å². The van der Waals surface area contributed by atoms with Crippen molar-refractivity contribution >= 4 is 5.97 Å². The third kappa shape index (κ3) is 2.26. The van der Waals surface area contributed by atoms with Crippen LogP contribution in [0.5, 0.6) is 0 Å². The van der Waals surface area contributed by atoms with Crippen LogP contribution in [0.2, 0.25) is 0 Å². The quantitative estimate of drug-likeness (QED) is 0.375. The van der Waals surface area contributed by atoms with Gasteiger partial charge in [0.1, 0.15) is 6.10 Å². The van der Waals surface area contributed by atoms with Crippen molar-refractivity contribution in [3.8, 4) is 0 Å². The van der Waals surface area contributed by atoms with Gasteiger partial charge in [0.05, 0.1) is 0 Å². The second kappa shape index (κ2) is 3.42. The molecule has 0 aromatic rings. The summed E-state index contributed by atoms with van der Waals surface area (Å²) >= 11 is 0. The molecular weight excluding hydrogens is 144 g/mol. The third-order valence-corrected chi connectivity index (χ3v) is 1.81. The zero-order chi connectivity index (χ0) is 8.27. The lowest BCUT2D eigenvalue weighted by molar-refractivity contribution is -0.146.